The van der Waals surface area contributed by atoms with E-state index in [0.717, 1.165) is 34.0 Å². The van der Waals surface area contributed by atoms with Crippen molar-refractivity contribution in [2.24, 2.45) is 4.99 Å². The minimum absolute atomic E-state index is 0.0802. The fourth-order valence-corrected chi connectivity index (χ4v) is 6.57. The highest BCUT2D eigenvalue weighted by molar-refractivity contribution is 9.10. The van der Waals surface area contributed by atoms with Crippen LogP contribution in [0.1, 0.15) is 40.8 Å². The molecule has 0 aromatic heterocycles. The first kappa shape index (κ1) is 37.8. The molecule has 0 saturated heterocycles. The smallest absolute Gasteiger partial charge is 0.285 e. The van der Waals surface area contributed by atoms with Crippen molar-refractivity contribution >= 4 is 56.7 Å². The number of nitrogens with one attached hydrogen (secondary N) is 1. The second-order valence-electron chi connectivity index (χ2n) is 11.6. The number of allylic oxidation sites excluding steroid dienone is 4. The zero-order valence-electron chi connectivity index (χ0n) is 29.0. The lowest BCUT2D eigenvalue weighted by Gasteiger charge is -2.28. The van der Waals surface area contributed by atoms with Crippen LogP contribution < -0.4 is 14.8 Å². The van der Waals surface area contributed by atoms with Crippen molar-refractivity contribution in [3.8, 4) is 11.5 Å². The monoisotopic (exact) mass is 775 g/mol. The number of ether oxygens (including phenoxy) is 2. The largest absolute Gasteiger partial charge is 0.493 e. The van der Waals surface area contributed by atoms with Crippen LogP contribution in [0.3, 0.4) is 0 Å². The molecule has 5 rings (SSSR count). The van der Waals surface area contributed by atoms with Crippen LogP contribution >= 0.6 is 27.7 Å². The summed E-state index contributed by atoms with van der Waals surface area (Å²) in [6, 6.07) is 30.4. The lowest BCUT2D eigenvalue weighted by Crippen LogP contribution is -2.42. The van der Waals surface area contributed by atoms with E-state index in [-0.39, 0.29) is 22.4 Å². The first-order chi connectivity index (χ1) is 25.2. The fraction of sp³-hybridized carbons (Fsp3) is 0.143. The minimum atomic E-state index is -0.732. The number of hydrogen-bond donors (Lipinski definition) is 1. The maximum Gasteiger partial charge on any atom is 0.285 e. The number of aryl methyl sites for hydroxylation is 1. The second kappa shape index (κ2) is 18.2. The molecule has 4 aromatic carbocycles. The summed E-state index contributed by atoms with van der Waals surface area (Å²) in [6.07, 6.45) is 8.14. The van der Waals surface area contributed by atoms with Crippen LogP contribution in [-0.2, 0) is 21.0 Å². The molecule has 264 valence electrons. The molecule has 1 aliphatic rings. The summed E-state index contributed by atoms with van der Waals surface area (Å²) in [5.74, 6) is -0.808. The summed E-state index contributed by atoms with van der Waals surface area (Å²) in [5.41, 5.74) is 4.80. The zero-order chi connectivity index (χ0) is 37.0. The Bertz CT molecular complexity index is 2020. The molecule has 4 aromatic rings. The number of aliphatic imine (C=N–C) groups is 1. The van der Waals surface area contributed by atoms with E-state index >= 15 is 0 Å². The van der Waals surface area contributed by atoms with Gasteiger partial charge in [-0.3, -0.25) is 19.3 Å². The summed E-state index contributed by atoms with van der Waals surface area (Å²) in [7, 11) is 1.52. The number of thioether (sulfide) groups is 1. The van der Waals surface area contributed by atoms with E-state index in [4.69, 9.17) is 9.47 Å². The van der Waals surface area contributed by atoms with E-state index in [1.807, 2.05) is 91.9 Å². The normalized spacial score (nSPS) is 14.2. The van der Waals surface area contributed by atoms with Gasteiger partial charge in [0.2, 0.25) is 5.91 Å². The van der Waals surface area contributed by atoms with Crippen molar-refractivity contribution in [3.63, 3.8) is 0 Å². The third-order valence-electron chi connectivity index (χ3n) is 8.01. The molecular weight excluding hydrogens is 738 g/mol. The van der Waals surface area contributed by atoms with Crippen molar-refractivity contribution in [3.05, 3.63) is 172 Å². The molecule has 52 heavy (non-hydrogen) atoms. The van der Waals surface area contributed by atoms with Crippen molar-refractivity contribution in [1.29, 1.82) is 0 Å². The average Bonchev–Trinajstić information content (AvgIpc) is 3.16. The molecule has 0 saturated carbocycles. The van der Waals surface area contributed by atoms with Gasteiger partial charge in [0.1, 0.15) is 12.2 Å². The number of halogens is 1. The van der Waals surface area contributed by atoms with Crippen LogP contribution in [0.4, 0.5) is 0 Å². The Labute approximate surface area is 316 Å². The lowest BCUT2D eigenvalue weighted by atomic mass is 9.99. The number of methoxy groups -OCH3 is 1. The predicted octanol–water partition coefficient (Wildman–Crippen LogP) is 8.74. The molecule has 1 aliphatic heterocycles. The highest BCUT2D eigenvalue weighted by Crippen LogP contribution is 2.36. The van der Waals surface area contributed by atoms with Gasteiger partial charge in [0.15, 0.2) is 16.7 Å². The van der Waals surface area contributed by atoms with Gasteiger partial charge in [-0.25, -0.2) is 0 Å². The quantitative estimate of drug-likeness (QED) is 0.0829. The Kier molecular flexibility index (Phi) is 13.2. The third kappa shape index (κ3) is 9.45. The molecule has 0 unspecified atom stereocenters. The summed E-state index contributed by atoms with van der Waals surface area (Å²) in [6.45, 7) is 7.86. The van der Waals surface area contributed by atoms with Gasteiger partial charge in [-0.15, -0.1) is 0 Å². The number of carbonyl (C=O) groups excluding carboxylic acids is 3. The van der Waals surface area contributed by atoms with Gasteiger partial charge < -0.3 is 14.8 Å². The van der Waals surface area contributed by atoms with Crippen LogP contribution in [0.5, 0.6) is 11.5 Å². The van der Waals surface area contributed by atoms with Crippen LogP contribution in [0.2, 0.25) is 0 Å². The summed E-state index contributed by atoms with van der Waals surface area (Å²) in [4.78, 5) is 46.8. The van der Waals surface area contributed by atoms with Gasteiger partial charge in [0.25, 0.3) is 11.8 Å². The second-order valence-corrected chi connectivity index (χ2v) is 13.4. The molecule has 10 heteroatoms. The molecule has 1 heterocycles. The lowest BCUT2D eigenvalue weighted by molar-refractivity contribution is -0.126. The molecule has 8 nitrogen and oxygen atoms in total. The third-order valence-corrected chi connectivity index (χ3v) is 9.64. The minimum Gasteiger partial charge on any atom is -0.493 e. The number of carbonyl (C=O) groups is 3. The highest BCUT2D eigenvalue weighted by atomic mass is 79.9. The van der Waals surface area contributed by atoms with E-state index in [0.29, 0.717) is 33.8 Å². The molecule has 0 spiro atoms. The first-order valence-corrected chi connectivity index (χ1v) is 18.2. The molecule has 3 amide bonds. The first-order valence-electron chi connectivity index (χ1n) is 16.4. The predicted molar refractivity (Wildman–Crippen MR) is 212 cm³/mol. The Balaban J connectivity index is 1.41. The van der Waals surface area contributed by atoms with Crippen molar-refractivity contribution < 1.29 is 23.9 Å². The van der Waals surface area contributed by atoms with Gasteiger partial charge in [-0.1, -0.05) is 143 Å². The summed E-state index contributed by atoms with van der Waals surface area (Å²) in [5, 5.41) is 3.18. The van der Waals surface area contributed by atoms with Gasteiger partial charge in [-0.05, 0) is 60.4 Å². The van der Waals surface area contributed by atoms with E-state index in [9.17, 15) is 14.4 Å². The summed E-state index contributed by atoms with van der Waals surface area (Å²) >= 11 is 4.58. The number of benzene rings is 4. The van der Waals surface area contributed by atoms with Gasteiger partial charge in [0.05, 0.1) is 18.9 Å². The van der Waals surface area contributed by atoms with Crippen molar-refractivity contribution in [2.75, 3.05) is 12.9 Å². The van der Waals surface area contributed by atoms with Crippen molar-refractivity contribution in [2.45, 2.75) is 26.5 Å². The topological polar surface area (TPSA) is 97.3 Å². The van der Waals surface area contributed by atoms with E-state index in [1.54, 1.807) is 43.4 Å². The Morgan fingerprint density at radius 2 is 1.63 bits per heavy atom. The molecule has 1 N–H and O–H groups in total. The molecule has 0 fully saturated rings. The van der Waals surface area contributed by atoms with Gasteiger partial charge in [0, 0.05) is 10.2 Å². The van der Waals surface area contributed by atoms with E-state index in [2.05, 4.69) is 32.8 Å². The molecule has 0 radical (unpaired) electrons. The molecule has 0 bridgehead atoms. The summed E-state index contributed by atoms with van der Waals surface area (Å²) < 4.78 is 12.3. The molecule has 0 aliphatic carbocycles. The van der Waals surface area contributed by atoms with Gasteiger partial charge >= 0.3 is 0 Å². The number of nitrogens with zero attached hydrogens (tertiary/aromatic N) is 2. The maximum atomic E-state index is 14.2. The zero-order valence-corrected chi connectivity index (χ0v) is 31.4. The van der Waals surface area contributed by atoms with Crippen LogP contribution in [0.25, 0.3) is 6.08 Å². The Morgan fingerprint density at radius 3 is 2.23 bits per heavy atom. The fourth-order valence-electron chi connectivity index (χ4n) is 5.33. The highest BCUT2D eigenvalue weighted by Gasteiger charge is 2.35. The van der Waals surface area contributed by atoms with Crippen LogP contribution in [0, 0.1) is 6.92 Å². The van der Waals surface area contributed by atoms with Crippen LogP contribution in [0.15, 0.2) is 149 Å². The number of amidine groups is 1. The number of rotatable bonds is 13. The van der Waals surface area contributed by atoms with E-state index < -0.39 is 17.9 Å². The SMILES string of the molecule is C=C/C=C\C(=C/C)N1C(=O)/C(=C/c2cc(OC)c(OCc3ccc(C)cc3)cc2Br)C(=O)N=C1SCC(=O)NC(c1ccccc1)c1ccccc1. The number of hydrogen-bond acceptors (Lipinski definition) is 6. The van der Waals surface area contributed by atoms with Gasteiger partial charge in [-0.2, -0.15) is 4.99 Å². The van der Waals surface area contributed by atoms with E-state index in [1.165, 1.54) is 18.1 Å². The standard InChI is InChI=1S/C42H38BrN3O5S/c1-5-7-18-33(6-2)46-41(49)34(23-32-24-36(50-4)37(25-35(32)43)51-26-29-21-19-28(3)20-22-29)40(48)45-42(46)52-27-38(47)44-39(30-14-10-8-11-15-30)31-16-12-9-13-17-31/h5-25,39H,1,26-27H2,2-4H3,(H,44,47)/b18-7-,33-6+,34-23+. The Morgan fingerprint density at radius 1 is 0.981 bits per heavy atom. The van der Waals surface area contributed by atoms with Crippen LogP contribution in [-0.4, -0.2) is 40.7 Å². The molecular formula is C42H38BrN3O5S. The Hall–Kier alpha value is -5.45. The molecule has 0 atom stereocenters. The number of amides is 3. The maximum absolute atomic E-state index is 14.2. The average molecular weight is 777 g/mol. The van der Waals surface area contributed by atoms with Crippen molar-refractivity contribution in [1.82, 2.24) is 10.2 Å².